The monoisotopic (exact) mass is 266 g/mol. The minimum absolute atomic E-state index is 0.233. The summed E-state index contributed by atoms with van der Waals surface area (Å²) in [7, 11) is 0. The number of carboxylic acid groups (broad SMARTS) is 1. The fourth-order valence-electron chi connectivity index (χ4n) is 2.32. The Kier molecular flexibility index (Phi) is 2.81. The molecule has 96 valence electrons. The van der Waals surface area contributed by atoms with Gasteiger partial charge < -0.3 is 10.0 Å². The molecule has 0 bridgehead atoms. The van der Waals surface area contributed by atoms with Crippen LogP contribution in [0, 0.1) is 0 Å². The predicted octanol–water partition coefficient (Wildman–Crippen LogP) is 1.71. The number of carbonyl (C=O) groups excluding carboxylic acids is 1. The van der Waals surface area contributed by atoms with E-state index in [1.54, 1.807) is 5.38 Å². The molecule has 1 aliphatic heterocycles. The maximum Gasteiger partial charge on any atom is 0.326 e. The molecule has 3 rings (SSSR count). The molecular formula is C12H14N2O3S. The van der Waals surface area contributed by atoms with Crippen LogP contribution in [0.25, 0.3) is 0 Å². The smallest absolute Gasteiger partial charge is 0.326 e. The van der Waals surface area contributed by atoms with Gasteiger partial charge in [0.15, 0.2) is 0 Å². The molecule has 6 heteroatoms. The Hall–Kier alpha value is -1.43. The highest BCUT2D eigenvalue weighted by molar-refractivity contribution is 7.10. The van der Waals surface area contributed by atoms with Crippen molar-refractivity contribution in [1.29, 1.82) is 0 Å². The summed E-state index contributed by atoms with van der Waals surface area (Å²) in [6.45, 7) is 0.520. The number of aliphatic carboxylic acids is 1. The van der Waals surface area contributed by atoms with Gasteiger partial charge in [-0.1, -0.05) is 0 Å². The van der Waals surface area contributed by atoms with E-state index in [2.05, 4.69) is 4.98 Å². The lowest BCUT2D eigenvalue weighted by Gasteiger charge is -2.20. The van der Waals surface area contributed by atoms with E-state index in [4.69, 9.17) is 5.11 Å². The molecule has 0 radical (unpaired) electrons. The second-order valence-corrected chi connectivity index (χ2v) is 5.73. The second-order valence-electron chi connectivity index (χ2n) is 4.84. The zero-order valence-corrected chi connectivity index (χ0v) is 10.7. The first-order chi connectivity index (χ1) is 8.66. The Bertz CT molecular complexity index is 495. The summed E-state index contributed by atoms with van der Waals surface area (Å²) in [6, 6.07) is -0.677. The predicted molar refractivity (Wildman–Crippen MR) is 65.8 cm³/mol. The van der Waals surface area contributed by atoms with Gasteiger partial charge in [-0.15, -0.1) is 11.3 Å². The van der Waals surface area contributed by atoms with Gasteiger partial charge in [-0.25, -0.2) is 9.78 Å². The molecule has 0 spiro atoms. The standard InChI is InChI=1S/C12H14N2O3S/c15-11(14-5-1-2-9(14)12(16)17)8-6-18-10(13-8)7-3-4-7/h6-7,9H,1-5H2,(H,16,17)/t9-/m0/s1. The van der Waals surface area contributed by atoms with Crippen LogP contribution in [0.5, 0.6) is 0 Å². The lowest BCUT2D eigenvalue weighted by Crippen LogP contribution is -2.40. The van der Waals surface area contributed by atoms with Crippen molar-refractivity contribution in [3.8, 4) is 0 Å². The highest BCUT2D eigenvalue weighted by Gasteiger charge is 2.36. The summed E-state index contributed by atoms with van der Waals surface area (Å²) in [5.74, 6) is -0.619. The van der Waals surface area contributed by atoms with Crippen LogP contribution < -0.4 is 0 Å². The Morgan fingerprint density at radius 2 is 2.17 bits per heavy atom. The van der Waals surface area contributed by atoms with E-state index in [-0.39, 0.29) is 5.91 Å². The summed E-state index contributed by atoms with van der Waals surface area (Å²) < 4.78 is 0. The molecule has 1 aromatic rings. The number of hydrogen-bond donors (Lipinski definition) is 1. The van der Waals surface area contributed by atoms with Gasteiger partial charge in [0, 0.05) is 17.8 Å². The molecule has 1 amide bonds. The van der Waals surface area contributed by atoms with Crippen molar-refractivity contribution in [3.05, 3.63) is 16.1 Å². The second kappa shape index (κ2) is 4.35. The number of nitrogens with zero attached hydrogens (tertiary/aromatic N) is 2. The van der Waals surface area contributed by atoms with Crippen LogP contribution >= 0.6 is 11.3 Å². The number of aromatic nitrogens is 1. The number of carbonyl (C=O) groups is 2. The van der Waals surface area contributed by atoms with Crippen LogP contribution in [-0.4, -0.2) is 39.5 Å². The number of amides is 1. The lowest BCUT2D eigenvalue weighted by molar-refractivity contribution is -0.141. The van der Waals surface area contributed by atoms with Crippen LogP contribution in [0.1, 0.15) is 47.1 Å². The first kappa shape index (κ1) is 11.6. The normalized spacial score (nSPS) is 23.3. The topological polar surface area (TPSA) is 70.5 Å². The van der Waals surface area contributed by atoms with Crippen LogP contribution in [-0.2, 0) is 4.79 Å². The maximum atomic E-state index is 12.2. The molecule has 0 unspecified atom stereocenters. The summed E-state index contributed by atoms with van der Waals surface area (Å²) in [6.07, 6.45) is 3.61. The molecule has 1 atom stereocenters. The number of rotatable bonds is 3. The van der Waals surface area contributed by atoms with Gasteiger partial charge in [-0.2, -0.15) is 0 Å². The number of likely N-dealkylation sites (tertiary alicyclic amines) is 1. The molecule has 1 aliphatic carbocycles. The van der Waals surface area contributed by atoms with Crippen LogP contribution in [0.2, 0.25) is 0 Å². The average molecular weight is 266 g/mol. The zero-order chi connectivity index (χ0) is 12.7. The molecule has 1 saturated heterocycles. The van der Waals surface area contributed by atoms with Crippen LogP contribution in [0.3, 0.4) is 0 Å². The average Bonchev–Trinajstić information content (AvgIpc) is 2.92. The van der Waals surface area contributed by atoms with E-state index in [1.165, 1.54) is 16.2 Å². The van der Waals surface area contributed by atoms with E-state index in [0.717, 1.165) is 24.3 Å². The highest BCUT2D eigenvalue weighted by Crippen LogP contribution is 2.41. The van der Waals surface area contributed by atoms with Gasteiger partial charge in [0.05, 0.1) is 5.01 Å². The number of thiazole rings is 1. The molecule has 1 saturated carbocycles. The third-order valence-corrected chi connectivity index (χ3v) is 4.47. The van der Waals surface area contributed by atoms with E-state index in [0.29, 0.717) is 24.6 Å². The van der Waals surface area contributed by atoms with Crippen LogP contribution in [0.4, 0.5) is 0 Å². The van der Waals surface area contributed by atoms with Gasteiger partial charge in [0.25, 0.3) is 5.91 Å². The molecular weight excluding hydrogens is 252 g/mol. The van der Waals surface area contributed by atoms with Crippen LogP contribution in [0.15, 0.2) is 5.38 Å². The van der Waals surface area contributed by atoms with E-state index in [9.17, 15) is 9.59 Å². The molecule has 18 heavy (non-hydrogen) atoms. The molecule has 2 heterocycles. The molecule has 0 aromatic carbocycles. The van der Waals surface area contributed by atoms with Crippen molar-refractivity contribution < 1.29 is 14.7 Å². The first-order valence-electron chi connectivity index (χ1n) is 6.16. The van der Waals surface area contributed by atoms with Crippen molar-refractivity contribution >= 4 is 23.2 Å². The lowest BCUT2D eigenvalue weighted by atomic mass is 10.2. The van der Waals surface area contributed by atoms with Crippen molar-refractivity contribution in [2.24, 2.45) is 0 Å². The molecule has 1 aromatic heterocycles. The highest BCUT2D eigenvalue weighted by atomic mass is 32.1. The van der Waals surface area contributed by atoms with E-state index < -0.39 is 12.0 Å². The fourth-order valence-corrected chi connectivity index (χ4v) is 3.28. The first-order valence-corrected chi connectivity index (χ1v) is 7.04. The maximum absolute atomic E-state index is 12.2. The Morgan fingerprint density at radius 1 is 1.39 bits per heavy atom. The Labute approximate surface area is 108 Å². The third kappa shape index (κ3) is 2.01. The largest absolute Gasteiger partial charge is 0.480 e. The van der Waals surface area contributed by atoms with E-state index in [1.807, 2.05) is 0 Å². The fraction of sp³-hybridized carbons (Fsp3) is 0.583. The number of hydrogen-bond acceptors (Lipinski definition) is 4. The minimum Gasteiger partial charge on any atom is -0.480 e. The van der Waals surface area contributed by atoms with Gasteiger partial charge >= 0.3 is 5.97 Å². The van der Waals surface area contributed by atoms with Gasteiger partial charge in [0.2, 0.25) is 0 Å². The minimum atomic E-state index is -0.918. The Balaban J connectivity index is 1.78. The van der Waals surface area contributed by atoms with Gasteiger partial charge in [-0.05, 0) is 25.7 Å². The summed E-state index contributed by atoms with van der Waals surface area (Å²) in [5.41, 5.74) is 0.412. The molecule has 2 aliphatic rings. The molecule has 5 nitrogen and oxygen atoms in total. The van der Waals surface area contributed by atoms with Crippen molar-refractivity contribution in [2.45, 2.75) is 37.6 Å². The summed E-state index contributed by atoms with van der Waals surface area (Å²) >= 11 is 1.51. The zero-order valence-electron chi connectivity index (χ0n) is 9.83. The van der Waals surface area contributed by atoms with Crippen molar-refractivity contribution in [3.63, 3.8) is 0 Å². The van der Waals surface area contributed by atoms with E-state index >= 15 is 0 Å². The van der Waals surface area contributed by atoms with Gasteiger partial charge in [-0.3, -0.25) is 4.79 Å². The quantitative estimate of drug-likeness (QED) is 0.904. The van der Waals surface area contributed by atoms with Gasteiger partial charge in [0.1, 0.15) is 11.7 Å². The summed E-state index contributed by atoms with van der Waals surface area (Å²) in [5, 5.41) is 11.8. The summed E-state index contributed by atoms with van der Waals surface area (Å²) in [4.78, 5) is 29.1. The third-order valence-electron chi connectivity index (χ3n) is 3.47. The molecule has 2 fully saturated rings. The van der Waals surface area contributed by atoms with Crippen molar-refractivity contribution in [2.75, 3.05) is 6.54 Å². The number of carboxylic acids is 1. The molecule has 1 N–H and O–H groups in total. The van der Waals surface area contributed by atoms with Crippen molar-refractivity contribution in [1.82, 2.24) is 9.88 Å². The Morgan fingerprint density at radius 3 is 2.83 bits per heavy atom. The SMILES string of the molecule is O=C(O)[C@@H]1CCCN1C(=O)c1csc(C2CC2)n1.